The Morgan fingerprint density at radius 2 is 1.84 bits per heavy atom. The second-order valence-corrected chi connectivity index (χ2v) is 5.66. The SMILES string of the molecule is CCNC(C)c1ccc(OCC2CCCCC2)cc1. The molecule has 1 fully saturated rings. The predicted octanol–water partition coefficient (Wildman–Crippen LogP) is 4.32. The van der Waals surface area contributed by atoms with Gasteiger partial charge in [0.1, 0.15) is 5.75 Å². The van der Waals surface area contributed by atoms with Gasteiger partial charge in [-0.25, -0.2) is 0 Å². The second-order valence-electron chi connectivity index (χ2n) is 5.66. The van der Waals surface area contributed by atoms with Crippen LogP contribution >= 0.6 is 0 Å². The summed E-state index contributed by atoms with van der Waals surface area (Å²) in [6.45, 7) is 6.22. The van der Waals surface area contributed by atoms with Gasteiger partial charge in [0, 0.05) is 6.04 Å². The highest BCUT2D eigenvalue weighted by atomic mass is 16.5. The lowest BCUT2D eigenvalue weighted by molar-refractivity contribution is 0.209. The zero-order chi connectivity index (χ0) is 13.5. The van der Waals surface area contributed by atoms with Crippen LogP contribution in [0.1, 0.15) is 57.6 Å². The molecule has 1 unspecified atom stereocenters. The summed E-state index contributed by atoms with van der Waals surface area (Å²) in [4.78, 5) is 0. The molecule has 0 spiro atoms. The molecular formula is C17H27NO. The van der Waals surface area contributed by atoms with E-state index >= 15 is 0 Å². The monoisotopic (exact) mass is 261 g/mol. The zero-order valence-electron chi connectivity index (χ0n) is 12.3. The van der Waals surface area contributed by atoms with Crippen molar-refractivity contribution in [2.24, 2.45) is 5.92 Å². The smallest absolute Gasteiger partial charge is 0.119 e. The van der Waals surface area contributed by atoms with E-state index in [2.05, 4.69) is 43.4 Å². The number of nitrogens with one attached hydrogen (secondary N) is 1. The Morgan fingerprint density at radius 1 is 1.16 bits per heavy atom. The molecule has 0 heterocycles. The third kappa shape index (κ3) is 4.54. The van der Waals surface area contributed by atoms with Crippen molar-refractivity contribution in [2.75, 3.05) is 13.2 Å². The van der Waals surface area contributed by atoms with Crippen LogP contribution in [0.5, 0.6) is 5.75 Å². The van der Waals surface area contributed by atoms with Crippen molar-refractivity contribution in [3.63, 3.8) is 0 Å². The maximum absolute atomic E-state index is 5.92. The Balaban J connectivity index is 1.81. The highest BCUT2D eigenvalue weighted by molar-refractivity contribution is 5.28. The van der Waals surface area contributed by atoms with Crippen LogP contribution in [-0.2, 0) is 0 Å². The first kappa shape index (κ1) is 14.4. The quantitative estimate of drug-likeness (QED) is 0.823. The maximum atomic E-state index is 5.92. The molecule has 1 aliphatic carbocycles. The van der Waals surface area contributed by atoms with E-state index in [1.807, 2.05) is 0 Å². The van der Waals surface area contributed by atoms with Gasteiger partial charge >= 0.3 is 0 Å². The molecule has 2 heteroatoms. The minimum absolute atomic E-state index is 0.414. The molecule has 1 N–H and O–H groups in total. The largest absolute Gasteiger partial charge is 0.493 e. The molecule has 1 saturated carbocycles. The Hall–Kier alpha value is -1.02. The van der Waals surface area contributed by atoms with Crippen LogP contribution in [0.2, 0.25) is 0 Å². The molecule has 1 aromatic carbocycles. The van der Waals surface area contributed by atoms with Crippen LogP contribution in [0.15, 0.2) is 24.3 Å². The number of benzene rings is 1. The van der Waals surface area contributed by atoms with Crippen LogP contribution in [0.25, 0.3) is 0 Å². The summed E-state index contributed by atoms with van der Waals surface area (Å²) in [5, 5.41) is 3.42. The standard InChI is InChI=1S/C17H27NO/c1-3-18-14(2)16-9-11-17(12-10-16)19-13-15-7-5-4-6-8-15/h9-12,14-15,18H,3-8,13H2,1-2H3. The van der Waals surface area contributed by atoms with Gasteiger partial charge in [-0.1, -0.05) is 38.3 Å². The molecular weight excluding hydrogens is 234 g/mol. The summed E-state index contributed by atoms with van der Waals surface area (Å²) in [6.07, 6.45) is 6.86. The van der Waals surface area contributed by atoms with Crippen molar-refractivity contribution in [1.29, 1.82) is 0 Å². The van der Waals surface area contributed by atoms with E-state index in [0.29, 0.717) is 6.04 Å². The number of ether oxygens (including phenoxy) is 1. The predicted molar refractivity (Wildman–Crippen MR) is 80.6 cm³/mol. The van der Waals surface area contributed by atoms with E-state index in [9.17, 15) is 0 Å². The van der Waals surface area contributed by atoms with Crippen molar-refractivity contribution in [3.05, 3.63) is 29.8 Å². The van der Waals surface area contributed by atoms with E-state index in [0.717, 1.165) is 24.8 Å². The topological polar surface area (TPSA) is 21.3 Å². The van der Waals surface area contributed by atoms with Gasteiger partial charge in [0.05, 0.1) is 6.61 Å². The highest BCUT2D eigenvalue weighted by Crippen LogP contribution is 2.25. The van der Waals surface area contributed by atoms with Crippen LogP contribution in [0.4, 0.5) is 0 Å². The zero-order valence-corrected chi connectivity index (χ0v) is 12.3. The highest BCUT2D eigenvalue weighted by Gasteiger charge is 2.14. The molecule has 1 aromatic rings. The van der Waals surface area contributed by atoms with Crippen molar-refractivity contribution in [2.45, 2.75) is 52.0 Å². The lowest BCUT2D eigenvalue weighted by atomic mass is 9.90. The Kier molecular flexibility index (Phi) is 5.71. The first-order valence-corrected chi connectivity index (χ1v) is 7.75. The molecule has 1 atom stereocenters. The molecule has 0 aromatic heterocycles. The summed E-state index contributed by atoms with van der Waals surface area (Å²) in [7, 11) is 0. The normalized spacial score (nSPS) is 18.2. The fraction of sp³-hybridized carbons (Fsp3) is 0.647. The minimum atomic E-state index is 0.414. The Bertz CT molecular complexity index is 354. The van der Waals surface area contributed by atoms with Crippen LogP contribution < -0.4 is 10.1 Å². The van der Waals surface area contributed by atoms with Crippen LogP contribution in [-0.4, -0.2) is 13.2 Å². The first-order valence-electron chi connectivity index (χ1n) is 7.75. The summed E-state index contributed by atoms with van der Waals surface area (Å²) in [5.74, 6) is 1.78. The first-order chi connectivity index (χ1) is 9.29. The third-order valence-electron chi connectivity index (χ3n) is 4.10. The molecule has 1 aliphatic rings. The summed E-state index contributed by atoms with van der Waals surface area (Å²) < 4.78 is 5.92. The van der Waals surface area contributed by atoms with E-state index < -0.39 is 0 Å². The van der Waals surface area contributed by atoms with E-state index in [1.165, 1.54) is 37.7 Å². The van der Waals surface area contributed by atoms with Gasteiger partial charge in [-0.3, -0.25) is 0 Å². The second kappa shape index (κ2) is 7.54. The average molecular weight is 261 g/mol. The average Bonchev–Trinajstić information content (AvgIpc) is 2.47. The van der Waals surface area contributed by atoms with E-state index in [4.69, 9.17) is 4.74 Å². The minimum Gasteiger partial charge on any atom is -0.493 e. The number of hydrogen-bond acceptors (Lipinski definition) is 2. The Labute approximate surface area is 117 Å². The van der Waals surface area contributed by atoms with Gasteiger partial charge < -0.3 is 10.1 Å². The van der Waals surface area contributed by atoms with Gasteiger partial charge in [0.25, 0.3) is 0 Å². The molecule has 0 saturated heterocycles. The maximum Gasteiger partial charge on any atom is 0.119 e. The van der Waals surface area contributed by atoms with Crippen molar-refractivity contribution >= 4 is 0 Å². The summed E-state index contributed by atoms with van der Waals surface area (Å²) in [5.41, 5.74) is 1.33. The molecule has 0 aliphatic heterocycles. The Morgan fingerprint density at radius 3 is 2.47 bits per heavy atom. The van der Waals surface area contributed by atoms with Gasteiger partial charge in [0.2, 0.25) is 0 Å². The fourth-order valence-electron chi connectivity index (χ4n) is 2.84. The lowest BCUT2D eigenvalue weighted by Gasteiger charge is -2.21. The molecule has 0 amide bonds. The number of hydrogen-bond donors (Lipinski definition) is 1. The molecule has 0 radical (unpaired) electrons. The molecule has 19 heavy (non-hydrogen) atoms. The fourth-order valence-corrected chi connectivity index (χ4v) is 2.84. The number of rotatable bonds is 6. The van der Waals surface area contributed by atoms with Gasteiger partial charge in [-0.05, 0) is 49.9 Å². The lowest BCUT2D eigenvalue weighted by Crippen LogP contribution is -2.17. The molecule has 106 valence electrons. The van der Waals surface area contributed by atoms with Gasteiger partial charge in [-0.2, -0.15) is 0 Å². The van der Waals surface area contributed by atoms with Crippen LogP contribution in [0, 0.1) is 5.92 Å². The van der Waals surface area contributed by atoms with E-state index in [-0.39, 0.29) is 0 Å². The third-order valence-corrected chi connectivity index (χ3v) is 4.10. The molecule has 0 bridgehead atoms. The van der Waals surface area contributed by atoms with Crippen molar-refractivity contribution < 1.29 is 4.74 Å². The summed E-state index contributed by atoms with van der Waals surface area (Å²) >= 11 is 0. The van der Waals surface area contributed by atoms with E-state index in [1.54, 1.807) is 0 Å². The molecule has 2 nitrogen and oxygen atoms in total. The van der Waals surface area contributed by atoms with Gasteiger partial charge in [0.15, 0.2) is 0 Å². The van der Waals surface area contributed by atoms with Gasteiger partial charge in [-0.15, -0.1) is 0 Å². The van der Waals surface area contributed by atoms with Crippen molar-refractivity contribution in [1.82, 2.24) is 5.32 Å². The summed E-state index contributed by atoms with van der Waals surface area (Å²) in [6, 6.07) is 8.96. The molecule has 2 rings (SSSR count). The van der Waals surface area contributed by atoms with Crippen molar-refractivity contribution in [3.8, 4) is 5.75 Å². The van der Waals surface area contributed by atoms with Crippen LogP contribution in [0.3, 0.4) is 0 Å².